The molecule has 1 atom stereocenters. The maximum atomic E-state index is 12.4. The van der Waals surface area contributed by atoms with E-state index in [0.717, 1.165) is 0 Å². The highest BCUT2D eigenvalue weighted by atomic mass is 32.2. The van der Waals surface area contributed by atoms with Crippen LogP contribution in [0.1, 0.15) is 40.0 Å². The van der Waals surface area contributed by atoms with E-state index in [-0.39, 0.29) is 12.6 Å². The molecule has 7 heteroatoms. The van der Waals surface area contributed by atoms with Crippen LogP contribution in [-0.2, 0) is 15.0 Å². The molecule has 0 spiro atoms. The van der Waals surface area contributed by atoms with Gasteiger partial charge in [-0.2, -0.15) is 17.0 Å². The second kappa shape index (κ2) is 5.76. The molecule has 0 saturated carbocycles. The number of carboxylic acid groups (broad SMARTS) is 1. The minimum Gasteiger partial charge on any atom is -0.481 e. The summed E-state index contributed by atoms with van der Waals surface area (Å²) < 4.78 is 27.4. The second-order valence-corrected chi connectivity index (χ2v) is 7.48. The lowest BCUT2D eigenvalue weighted by Crippen LogP contribution is -2.53. The Bertz CT molecular complexity index is 435. The van der Waals surface area contributed by atoms with Crippen LogP contribution in [0.15, 0.2) is 0 Å². The van der Waals surface area contributed by atoms with Gasteiger partial charge in [-0.25, -0.2) is 0 Å². The molecule has 0 bridgehead atoms. The summed E-state index contributed by atoms with van der Waals surface area (Å²) in [6.07, 6.45) is 1.57. The van der Waals surface area contributed by atoms with Crippen LogP contribution in [0.2, 0.25) is 0 Å². The number of carbonyl (C=O) groups is 1. The van der Waals surface area contributed by atoms with E-state index in [4.69, 9.17) is 0 Å². The molecule has 0 aliphatic carbocycles. The van der Waals surface area contributed by atoms with Crippen molar-refractivity contribution in [1.29, 1.82) is 0 Å². The third-order valence-corrected chi connectivity index (χ3v) is 6.20. The third kappa shape index (κ3) is 3.09. The van der Waals surface area contributed by atoms with E-state index in [2.05, 4.69) is 0 Å². The summed E-state index contributed by atoms with van der Waals surface area (Å²) in [5, 5.41) is 9.38. The van der Waals surface area contributed by atoms with E-state index in [0.29, 0.717) is 25.8 Å². The fourth-order valence-electron chi connectivity index (χ4n) is 2.35. The fourth-order valence-corrected chi connectivity index (χ4v) is 4.02. The van der Waals surface area contributed by atoms with Crippen LogP contribution in [0.3, 0.4) is 0 Å². The number of hydrogen-bond donors (Lipinski definition) is 1. The summed E-state index contributed by atoms with van der Waals surface area (Å²) >= 11 is 0. The van der Waals surface area contributed by atoms with E-state index in [9.17, 15) is 18.3 Å². The monoisotopic (exact) mass is 292 g/mol. The highest BCUT2D eigenvalue weighted by Crippen LogP contribution is 2.35. The van der Waals surface area contributed by atoms with Gasteiger partial charge >= 0.3 is 5.97 Å². The first kappa shape index (κ1) is 16.4. The molecule has 1 aliphatic heterocycles. The van der Waals surface area contributed by atoms with Crippen LogP contribution in [0, 0.1) is 5.41 Å². The van der Waals surface area contributed by atoms with Crippen LogP contribution in [0.4, 0.5) is 0 Å². The normalized spacial score (nSPS) is 26.0. The number of rotatable bonds is 5. The first-order valence-electron chi connectivity index (χ1n) is 6.64. The molecule has 0 radical (unpaired) electrons. The average molecular weight is 292 g/mol. The zero-order chi connectivity index (χ0) is 14.8. The first-order chi connectivity index (χ1) is 8.67. The van der Waals surface area contributed by atoms with Crippen molar-refractivity contribution in [2.45, 2.75) is 46.1 Å². The molecule has 1 heterocycles. The van der Waals surface area contributed by atoms with E-state index < -0.39 is 21.6 Å². The molecule has 1 saturated heterocycles. The van der Waals surface area contributed by atoms with Crippen molar-refractivity contribution in [2.24, 2.45) is 5.41 Å². The van der Waals surface area contributed by atoms with E-state index >= 15 is 0 Å². The largest absolute Gasteiger partial charge is 0.481 e. The summed E-state index contributed by atoms with van der Waals surface area (Å²) in [6, 6.07) is -0.146. The Morgan fingerprint density at radius 3 is 2.47 bits per heavy atom. The van der Waals surface area contributed by atoms with Crippen molar-refractivity contribution in [3.05, 3.63) is 0 Å². The van der Waals surface area contributed by atoms with Crippen molar-refractivity contribution >= 4 is 16.2 Å². The standard InChI is InChI=1S/C12H24N2O4S/c1-5-12(11(15)16)7-6-8-14(9-12)19(17,18)13(4)10(2)3/h10H,5-9H2,1-4H3,(H,15,16). The molecule has 6 nitrogen and oxygen atoms in total. The van der Waals surface area contributed by atoms with Gasteiger partial charge in [0.2, 0.25) is 0 Å². The van der Waals surface area contributed by atoms with Gasteiger partial charge < -0.3 is 5.11 Å². The minimum atomic E-state index is -3.57. The van der Waals surface area contributed by atoms with Gasteiger partial charge in [0.15, 0.2) is 0 Å². The van der Waals surface area contributed by atoms with Gasteiger partial charge in [0.05, 0.1) is 5.41 Å². The molecule has 1 rings (SSSR count). The van der Waals surface area contributed by atoms with Gasteiger partial charge in [0.1, 0.15) is 0 Å². The van der Waals surface area contributed by atoms with E-state index in [1.165, 1.54) is 15.7 Å². The Morgan fingerprint density at radius 2 is 2.05 bits per heavy atom. The average Bonchev–Trinajstić information content (AvgIpc) is 2.37. The lowest BCUT2D eigenvalue weighted by molar-refractivity contribution is -0.151. The Kier molecular flexibility index (Phi) is 4.97. The van der Waals surface area contributed by atoms with Crippen molar-refractivity contribution < 1.29 is 18.3 Å². The third-order valence-electron chi connectivity index (χ3n) is 4.09. The summed E-state index contributed by atoms with van der Waals surface area (Å²) in [5.41, 5.74) is -0.941. The molecular formula is C12H24N2O4S. The molecule has 1 aliphatic rings. The molecule has 0 aromatic carbocycles. The Balaban J connectivity index is 3.00. The topological polar surface area (TPSA) is 77.9 Å². The van der Waals surface area contributed by atoms with Gasteiger partial charge in [0.25, 0.3) is 10.2 Å². The molecule has 112 valence electrons. The molecule has 0 amide bonds. The lowest BCUT2D eigenvalue weighted by atomic mass is 9.78. The molecule has 19 heavy (non-hydrogen) atoms. The SMILES string of the molecule is CCC1(C(=O)O)CCCN(S(=O)(=O)N(C)C(C)C)C1. The van der Waals surface area contributed by atoms with E-state index in [1.54, 1.807) is 20.8 Å². The fraction of sp³-hybridized carbons (Fsp3) is 0.917. The maximum absolute atomic E-state index is 12.4. The number of hydrogen-bond acceptors (Lipinski definition) is 3. The first-order valence-corrected chi connectivity index (χ1v) is 8.03. The Morgan fingerprint density at radius 1 is 1.47 bits per heavy atom. The Labute approximate surface area is 115 Å². The molecule has 1 N–H and O–H groups in total. The van der Waals surface area contributed by atoms with E-state index in [1.807, 2.05) is 0 Å². The Hall–Kier alpha value is -0.660. The molecular weight excluding hydrogens is 268 g/mol. The predicted molar refractivity (Wildman–Crippen MR) is 73.0 cm³/mol. The number of piperidine rings is 1. The zero-order valence-electron chi connectivity index (χ0n) is 12.1. The zero-order valence-corrected chi connectivity index (χ0v) is 12.9. The van der Waals surface area contributed by atoms with Crippen molar-refractivity contribution in [3.63, 3.8) is 0 Å². The van der Waals surface area contributed by atoms with Crippen molar-refractivity contribution in [3.8, 4) is 0 Å². The number of carboxylic acids is 1. The molecule has 1 unspecified atom stereocenters. The van der Waals surface area contributed by atoms with Crippen molar-refractivity contribution in [2.75, 3.05) is 20.1 Å². The maximum Gasteiger partial charge on any atom is 0.310 e. The van der Waals surface area contributed by atoms with Gasteiger partial charge in [0, 0.05) is 26.2 Å². The van der Waals surface area contributed by atoms with Crippen LogP contribution in [0.5, 0.6) is 0 Å². The van der Waals surface area contributed by atoms with Crippen molar-refractivity contribution in [1.82, 2.24) is 8.61 Å². The number of nitrogens with zero attached hydrogens (tertiary/aromatic N) is 2. The highest BCUT2D eigenvalue weighted by Gasteiger charge is 2.45. The van der Waals surface area contributed by atoms with Crippen LogP contribution >= 0.6 is 0 Å². The molecule has 0 aromatic heterocycles. The minimum absolute atomic E-state index is 0.0677. The summed E-state index contributed by atoms with van der Waals surface area (Å²) in [6.45, 7) is 5.86. The van der Waals surface area contributed by atoms with Gasteiger partial charge in [-0.3, -0.25) is 4.79 Å². The smallest absolute Gasteiger partial charge is 0.310 e. The lowest BCUT2D eigenvalue weighted by Gasteiger charge is -2.40. The van der Waals surface area contributed by atoms with Gasteiger partial charge in [-0.15, -0.1) is 0 Å². The van der Waals surface area contributed by atoms with Crippen LogP contribution in [-0.4, -0.2) is 54.3 Å². The molecule has 1 fully saturated rings. The molecule has 0 aromatic rings. The highest BCUT2D eigenvalue weighted by molar-refractivity contribution is 7.86. The predicted octanol–water partition coefficient (Wildman–Crippen LogP) is 1.15. The summed E-state index contributed by atoms with van der Waals surface area (Å²) in [7, 11) is -2.04. The quantitative estimate of drug-likeness (QED) is 0.824. The van der Waals surface area contributed by atoms with Crippen LogP contribution in [0.25, 0.3) is 0 Å². The van der Waals surface area contributed by atoms with Crippen LogP contribution < -0.4 is 0 Å². The number of aliphatic carboxylic acids is 1. The second-order valence-electron chi connectivity index (χ2n) is 5.49. The van der Waals surface area contributed by atoms with Gasteiger partial charge in [-0.05, 0) is 33.1 Å². The summed E-state index contributed by atoms with van der Waals surface area (Å²) in [5.74, 6) is -0.901. The van der Waals surface area contributed by atoms with Gasteiger partial charge in [-0.1, -0.05) is 6.92 Å². The summed E-state index contributed by atoms with van der Waals surface area (Å²) in [4.78, 5) is 11.4.